The van der Waals surface area contributed by atoms with Gasteiger partial charge in [-0.2, -0.15) is 5.26 Å². The summed E-state index contributed by atoms with van der Waals surface area (Å²) in [6.07, 6.45) is -0.448. The van der Waals surface area contributed by atoms with Crippen LogP contribution in [0.5, 0.6) is 0 Å². The number of carbonyl (C=O) groups is 1. The number of nitrogens with zero attached hydrogens (tertiary/aromatic N) is 2. The molecule has 2 aromatic carbocycles. The molecule has 0 saturated heterocycles. The van der Waals surface area contributed by atoms with Crippen molar-refractivity contribution < 1.29 is 14.0 Å². The van der Waals surface area contributed by atoms with Crippen LogP contribution in [0.1, 0.15) is 17.5 Å². The van der Waals surface area contributed by atoms with Gasteiger partial charge < -0.3 is 10.2 Å². The molecule has 1 N–H and O–H groups in total. The lowest BCUT2D eigenvalue weighted by molar-refractivity contribution is -0.125. The Morgan fingerprint density at radius 1 is 1.30 bits per heavy atom. The summed E-state index contributed by atoms with van der Waals surface area (Å²) in [5.41, 5.74) is 2.29. The second-order valence-electron chi connectivity index (χ2n) is 5.02. The molecule has 0 aliphatic carbocycles. The number of benzene rings is 2. The Morgan fingerprint density at radius 2 is 2.09 bits per heavy atom. The average Bonchev–Trinajstić information content (AvgIpc) is 3.06. The molecule has 2 aromatic rings. The van der Waals surface area contributed by atoms with E-state index in [4.69, 9.17) is 10.1 Å². The third kappa shape index (κ3) is 3.35. The Kier molecular flexibility index (Phi) is 4.02. The normalized spacial score (nSPS) is 16.2. The number of amides is 1. The first kappa shape index (κ1) is 14.7. The maximum atomic E-state index is 12.9. The molecular formula is C17H12FN3O2. The van der Waals surface area contributed by atoms with E-state index in [1.54, 1.807) is 36.4 Å². The summed E-state index contributed by atoms with van der Waals surface area (Å²) in [6, 6.07) is 14.5. The van der Waals surface area contributed by atoms with Crippen LogP contribution in [0.4, 0.5) is 10.1 Å². The molecule has 0 fully saturated rings. The quantitative estimate of drug-likeness (QED) is 0.947. The van der Waals surface area contributed by atoms with Crippen molar-refractivity contribution in [2.24, 2.45) is 5.16 Å². The number of nitriles is 1. The zero-order chi connectivity index (χ0) is 16.2. The fourth-order valence-electron chi connectivity index (χ4n) is 2.22. The second kappa shape index (κ2) is 6.28. The SMILES string of the molecule is N#Cc1cccc(NC(=O)C2CC(c3ccc(F)cc3)=NO2)c1. The number of oxime groups is 1. The summed E-state index contributed by atoms with van der Waals surface area (Å²) in [7, 11) is 0. The fraction of sp³-hybridized carbons (Fsp3) is 0.118. The van der Waals surface area contributed by atoms with E-state index < -0.39 is 6.10 Å². The van der Waals surface area contributed by atoms with E-state index in [0.29, 0.717) is 28.9 Å². The second-order valence-corrected chi connectivity index (χ2v) is 5.02. The van der Waals surface area contributed by atoms with Crippen molar-refractivity contribution in [2.75, 3.05) is 5.32 Å². The summed E-state index contributed by atoms with van der Waals surface area (Å²) < 4.78 is 12.9. The third-order valence-electron chi connectivity index (χ3n) is 3.40. The van der Waals surface area contributed by atoms with Crippen molar-refractivity contribution in [1.82, 2.24) is 0 Å². The van der Waals surface area contributed by atoms with Crippen molar-refractivity contribution in [1.29, 1.82) is 5.26 Å². The zero-order valence-corrected chi connectivity index (χ0v) is 12.0. The number of rotatable bonds is 3. The highest BCUT2D eigenvalue weighted by Crippen LogP contribution is 2.19. The molecule has 1 aliphatic heterocycles. The fourth-order valence-corrected chi connectivity index (χ4v) is 2.22. The van der Waals surface area contributed by atoms with Crippen molar-refractivity contribution in [3.63, 3.8) is 0 Å². The molecule has 1 heterocycles. The van der Waals surface area contributed by atoms with Crippen LogP contribution >= 0.6 is 0 Å². The molecule has 0 radical (unpaired) electrons. The summed E-state index contributed by atoms with van der Waals surface area (Å²) in [5.74, 6) is -0.680. The van der Waals surface area contributed by atoms with Crippen molar-refractivity contribution >= 4 is 17.3 Å². The number of carbonyl (C=O) groups excluding carboxylic acids is 1. The molecule has 1 amide bonds. The maximum absolute atomic E-state index is 12.9. The van der Waals surface area contributed by atoms with Crippen LogP contribution in [0.25, 0.3) is 0 Å². The third-order valence-corrected chi connectivity index (χ3v) is 3.40. The molecule has 0 bridgehead atoms. The predicted molar refractivity (Wildman–Crippen MR) is 82.2 cm³/mol. The molecule has 3 rings (SSSR count). The Bertz CT molecular complexity index is 809. The molecule has 114 valence electrons. The number of halogens is 1. The molecule has 5 nitrogen and oxygen atoms in total. The van der Waals surface area contributed by atoms with Gasteiger partial charge in [0, 0.05) is 12.1 Å². The first-order valence-corrected chi connectivity index (χ1v) is 6.95. The number of anilines is 1. The van der Waals surface area contributed by atoms with Gasteiger partial charge in [-0.05, 0) is 35.9 Å². The molecule has 0 spiro atoms. The van der Waals surface area contributed by atoms with Gasteiger partial charge in [-0.15, -0.1) is 0 Å². The number of nitrogens with one attached hydrogen (secondary N) is 1. The minimum absolute atomic E-state index is 0.301. The van der Waals surface area contributed by atoms with Gasteiger partial charge >= 0.3 is 0 Å². The Balaban J connectivity index is 1.64. The van der Waals surface area contributed by atoms with Crippen LogP contribution in [-0.2, 0) is 9.63 Å². The molecule has 1 aliphatic rings. The maximum Gasteiger partial charge on any atom is 0.268 e. The summed E-state index contributed by atoms with van der Waals surface area (Å²) >= 11 is 0. The van der Waals surface area contributed by atoms with Gasteiger partial charge in [0.25, 0.3) is 5.91 Å². The molecule has 6 heteroatoms. The average molecular weight is 309 g/mol. The van der Waals surface area contributed by atoms with Crippen LogP contribution < -0.4 is 5.32 Å². The molecule has 1 atom stereocenters. The highest BCUT2D eigenvalue weighted by molar-refractivity contribution is 6.06. The number of hydrogen-bond donors (Lipinski definition) is 1. The standard InChI is InChI=1S/C17H12FN3O2/c18-13-6-4-12(5-7-13)15-9-16(23-21-15)17(22)20-14-3-1-2-11(8-14)10-19/h1-8,16H,9H2,(H,20,22). The van der Waals surface area contributed by atoms with Crippen LogP contribution in [0.3, 0.4) is 0 Å². The summed E-state index contributed by atoms with van der Waals surface area (Å²) in [5, 5.41) is 15.4. The Hall–Kier alpha value is -3.20. The predicted octanol–water partition coefficient (Wildman–Crippen LogP) is 2.83. The molecule has 0 aromatic heterocycles. The Morgan fingerprint density at radius 3 is 2.83 bits per heavy atom. The van der Waals surface area contributed by atoms with Gasteiger partial charge in [-0.1, -0.05) is 23.4 Å². The first-order valence-electron chi connectivity index (χ1n) is 6.95. The zero-order valence-electron chi connectivity index (χ0n) is 12.0. The molecular weight excluding hydrogens is 297 g/mol. The van der Waals surface area contributed by atoms with Gasteiger partial charge in [0.2, 0.25) is 6.10 Å². The first-order chi connectivity index (χ1) is 11.2. The number of hydrogen-bond acceptors (Lipinski definition) is 4. The van der Waals surface area contributed by atoms with E-state index in [2.05, 4.69) is 10.5 Å². The van der Waals surface area contributed by atoms with E-state index in [-0.39, 0.29) is 11.7 Å². The van der Waals surface area contributed by atoms with E-state index in [1.807, 2.05) is 6.07 Å². The molecule has 23 heavy (non-hydrogen) atoms. The van der Waals surface area contributed by atoms with E-state index in [0.717, 1.165) is 0 Å². The lowest BCUT2D eigenvalue weighted by Gasteiger charge is -2.09. The minimum atomic E-state index is -0.749. The van der Waals surface area contributed by atoms with Crippen molar-refractivity contribution in [3.8, 4) is 6.07 Å². The monoisotopic (exact) mass is 309 g/mol. The lowest BCUT2D eigenvalue weighted by atomic mass is 10.0. The van der Waals surface area contributed by atoms with Gasteiger partial charge in [0.1, 0.15) is 5.82 Å². The summed E-state index contributed by atoms with van der Waals surface area (Å²) in [4.78, 5) is 17.4. The summed E-state index contributed by atoms with van der Waals surface area (Å²) in [6.45, 7) is 0. The largest absolute Gasteiger partial charge is 0.382 e. The van der Waals surface area contributed by atoms with Crippen LogP contribution in [0, 0.1) is 17.1 Å². The van der Waals surface area contributed by atoms with E-state index >= 15 is 0 Å². The smallest absolute Gasteiger partial charge is 0.268 e. The molecule has 1 unspecified atom stereocenters. The topological polar surface area (TPSA) is 74.5 Å². The van der Waals surface area contributed by atoms with Crippen molar-refractivity contribution in [3.05, 3.63) is 65.5 Å². The van der Waals surface area contributed by atoms with Crippen LogP contribution in [0.15, 0.2) is 53.7 Å². The van der Waals surface area contributed by atoms with Gasteiger partial charge in [0.15, 0.2) is 0 Å². The molecule has 0 saturated carbocycles. The van der Waals surface area contributed by atoms with Crippen LogP contribution in [0.2, 0.25) is 0 Å². The van der Waals surface area contributed by atoms with Gasteiger partial charge in [-0.25, -0.2) is 4.39 Å². The van der Waals surface area contributed by atoms with E-state index in [1.165, 1.54) is 12.1 Å². The van der Waals surface area contributed by atoms with Gasteiger partial charge in [-0.3, -0.25) is 4.79 Å². The lowest BCUT2D eigenvalue weighted by Crippen LogP contribution is -2.28. The minimum Gasteiger partial charge on any atom is -0.382 e. The van der Waals surface area contributed by atoms with Crippen molar-refractivity contribution in [2.45, 2.75) is 12.5 Å². The highest BCUT2D eigenvalue weighted by atomic mass is 19.1. The van der Waals surface area contributed by atoms with Crippen LogP contribution in [-0.4, -0.2) is 17.7 Å². The highest BCUT2D eigenvalue weighted by Gasteiger charge is 2.29. The van der Waals surface area contributed by atoms with Gasteiger partial charge in [0.05, 0.1) is 17.3 Å². The Labute approximate surface area is 132 Å². The van der Waals surface area contributed by atoms with E-state index in [9.17, 15) is 9.18 Å².